The zero-order valence-electron chi connectivity index (χ0n) is 18.2. The molecule has 32 heavy (non-hydrogen) atoms. The highest BCUT2D eigenvalue weighted by Gasteiger charge is 2.24. The van der Waals surface area contributed by atoms with Crippen LogP contribution in [0.5, 0.6) is 5.75 Å². The average Bonchev–Trinajstić information content (AvgIpc) is 2.85. The molecule has 1 saturated heterocycles. The number of anilines is 1. The van der Waals surface area contributed by atoms with Gasteiger partial charge in [0.1, 0.15) is 17.7 Å². The Kier molecular flexibility index (Phi) is 5.73. The van der Waals surface area contributed by atoms with Crippen LogP contribution in [0.25, 0.3) is 11.1 Å². The van der Waals surface area contributed by atoms with Crippen LogP contribution in [0, 0.1) is 0 Å². The minimum atomic E-state index is -0.0824. The van der Waals surface area contributed by atoms with E-state index in [4.69, 9.17) is 4.74 Å². The van der Waals surface area contributed by atoms with Gasteiger partial charge >= 0.3 is 0 Å². The van der Waals surface area contributed by atoms with E-state index >= 15 is 0 Å². The molecule has 0 bridgehead atoms. The van der Waals surface area contributed by atoms with Crippen LogP contribution in [0.2, 0.25) is 0 Å². The van der Waals surface area contributed by atoms with Crippen LogP contribution in [-0.2, 0) is 0 Å². The molecular weight excluding hydrogens is 402 g/mol. The second-order valence-electron chi connectivity index (χ2n) is 8.35. The van der Waals surface area contributed by atoms with Crippen LogP contribution in [0.1, 0.15) is 28.4 Å². The lowest BCUT2D eigenvalue weighted by Crippen LogP contribution is -2.47. The predicted octanol–water partition coefficient (Wildman–Crippen LogP) is 3.47. The number of rotatable bonds is 4. The number of hydrogen-bond acceptors (Lipinski definition) is 6. The van der Waals surface area contributed by atoms with Crippen molar-refractivity contribution in [3.8, 4) is 16.9 Å². The molecule has 0 radical (unpaired) electrons. The van der Waals surface area contributed by atoms with E-state index in [9.17, 15) is 4.79 Å². The number of ether oxygens (including phenoxy) is 1. The second kappa shape index (κ2) is 8.96. The highest BCUT2D eigenvalue weighted by Crippen LogP contribution is 2.35. The lowest BCUT2D eigenvalue weighted by Gasteiger charge is -2.32. The van der Waals surface area contributed by atoms with Crippen LogP contribution < -0.4 is 10.1 Å². The van der Waals surface area contributed by atoms with Gasteiger partial charge in [0.15, 0.2) is 0 Å². The lowest BCUT2D eigenvalue weighted by molar-refractivity contribution is 0.0664. The minimum Gasteiger partial charge on any atom is -0.484 e. The zero-order valence-corrected chi connectivity index (χ0v) is 18.2. The van der Waals surface area contributed by atoms with Gasteiger partial charge in [-0.2, -0.15) is 0 Å². The molecular formula is C25H27N5O2. The third-order valence-corrected chi connectivity index (χ3v) is 6.13. The number of aromatic nitrogens is 2. The fourth-order valence-electron chi connectivity index (χ4n) is 4.21. The van der Waals surface area contributed by atoms with Crippen molar-refractivity contribution in [1.82, 2.24) is 19.8 Å². The summed E-state index contributed by atoms with van der Waals surface area (Å²) >= 11 is 0. The van der Waals surface area contributed by atoms with Gasteiger partial charge in [-0.25, -0.2) is 4.98 Å². The molecule has 3 aromatic rings. The standard InChI is InChI=1S/C25H27N5O2/c1-29-11-13-30(14-12-29)25(31)19-6-4-18(5-7-19)20-15-22-23(8-10-27-24(22)28-16-20)32-21-3-2-9-26-17-21/h2-7,9,15-17,23H,8,10-14H2,1H3,(H,27,28)/t23-/m0/s1. The van der Waals surface area contributed by atoms with Crippen LogP contribution in [0.3, 0.4) is 0 Å². The maximum Gasteiger partial charge on any atom is 0.253 e. The average molecular weight is 430 g/mol. The maximum atomic E-state index is 12.8. The van der Waals surface area contributed by atoms with Gasteiger partial charge in [-0.1, -0.05) is 12.1 Å². The van der Waals surface area contributed by atoms with Crippen LogP contribution in [0.4, 0.5) is 5.82 Å². The smallest absolute Gasteiger partial charge is 0.253 e. The molecule has 1 fully saturated rings. The Bertz CT molecular complexity index is 1080. The monoisotopic (exact) mass is 429 g/mol. The SMILES string of the molecule is CN1CCN(C(=O)c2ccc(-c3cnc4c(c3)[C@@H](Oc3cccnc3)CCN4)cc2)CC1. The number of likely N-dealkylation sites (N-methyl/N-ethyl adjacent to an activating group) is 1. The molecule has 1 aromatic carbocycles. The van der Waals surface area contributed by atoms with Gasteiger partial charge in [-0.3, -0.25) is 9.78 Å². The summed E-state index contributed by atoms with van der Waals surface area (Å²) in [6, 6.07) is 13.8. The third-order valence-electron chi connectivity index (χ3n) is 6.13. The van der Waals surface area contributed by atoms with E-state index in [0.29, 0.717) is 0 Å². The summed E-state index contributed by atoms with van der Waals surface area (Å²) in [5.41, 5.74) is 3.80. The minimum absolute atomic E-state index is 0.0824. The molecule has 7 heteroatoms. The number of pyridine rings is 2. The summed E-state index contributed by atoms with van der Waals surface area (Å²) in [7, 11) is 2.09. The molecule has 2 aliphatic rings. The van der Waals surface area contributed by atoms with Gasteiger partial charge in [0.05, 0.1) is 6.20 Å². The number of piperazine rings is 1. The highest BCUT2D eigenvalue weighted by atomic mass is 16.5. The first-order valence-electron chi connectivity index (χ1n) is 11.1. The number of carbonyl (C=O) groups excluding carboxylic acids is 1. The second-order valence-corrected chi connectivity index (χ2v) is 8.35. The highest BCUT2D eigenvalue weighted by molar-refractivity contribution is 5.94. The van der Waals surface area contributed by atoms with Gasteiger partial charge in [0.25, 0.3) is 5.91 Å². The van der Waals surface area contributed by atoms with E-state index in [1.165, 1.54) is 0 Å². The molecule has 1 amide bonds. The largest absolute Gasteiger partial charge is 0.484 e. The van der Waals surface area contributed by atoms with Crippen molar-refractivity contribution in [2.75, 3.05) is 45.1 Å². The van der Waals surface area contributed by atoms with Gasteiger partial charge in [-0.05, 0) is 42.9 Å². The number of amides is 1. The summed E-state index contributed by atoms with van der Waals surface area (Å²) in [5.74, 6) is 1.71. The maximum absolute atomic E-state index is 12.8. The van der Waals surface area contributed by atoms with Crippen molar-refractivity contribution < 1.29 is 9.53 Å². The Labute approximate surface area is 188 Å². The van der Waals surface area contributed by atoms with Crippen LogP contribution in [-0.4, -0.2) is 65.4 Å². The van der Waals surface area contributed by atoms with Crippen molar-refractivity contribution in [2.24, 2.45) is 0 Å². The van der Waals surface area contributed by atoms with Crippen molar-refractivity contribution in [3.05, 3.63) is 72.2 Å². The number of nitrogens with zero attached hydrogens (tertiary/aromatic N) is 4. The van der Waals surface area contributed by atoms with E-state index in [1.54, 1.807) is 12.4 Å². The molecule has 5 rings (SSSR count). The van der Waals surface area contributed by atoms with Crippen molar-refractivity contribution in [1.29, 1.82) is 0 Å². The Morgan fingerprint density at radius 2 is 1.88 bits per heavy atom. The molecule has 1 N–H and O–H groups in total. The molecule has 4 heterocycles. The number of nitrogens with one attached hydrogen (secondary N) is 1. The van der Waals surface area contributed by atoms with Gasteiger partial charge in [-0.15, -0.1) is 0 Å². The molecule has 164 valence electrons. The third kappa shape index (κ3) is 4.29. The number of benzene rings is 1. The van der Waals surface area contributed by atoms with Crippen LogP contribution >= 0.6 is 0 Å². The number of hydrogen-bond donors (Lipinski definition) is 1. The van der Waals surface area contributed by atoms with Crippen LogP contribution in [0.15, 0.2) is 61.1 Å². The summed E-state index contributed by atoms with van der Waals surface area (Å²) < 4.78 is 6.20. The fourth-order valence-corrected chi connectivity index (χ4v) is 4.21. The molecule has 0 spiro atoms. The van der Waals surface area contributed by atoms with Gasteiger partial charge in [0, 0.05) is 68.2 Å². The molecule has 2 aliphatic heterocycles. The van der Waals surface area contributed by atoms with Crippen molar-refractivity contribution >= 4 is 11.7 Å². The van der Waals surface area contributed by atoms with E-state index in [-0.39, 0.29) is 12.0 Å². The normalized spacial score (nSPS) is 18.5. The fraction of sp³-hybridized carbons (Fsp3) is 0.320. The zero-order chi connectivity index (χ0) is 21.9. The summed E-state index contributed by atoms with van der Waals surface area (Å²) in [4.78, 5) is 25.8. The van der Waals surface area contributed by atoms with E-state index in [2.05, 4.69) is 33.3 Å². The molecule has 0 aliphatic carbocycles. The Balaban J connectivity index is 1.35. The topological polar surface area (TPSA) is 70.6 Å². The van der Waals surface area contributed by atoms with E-state index < -0.39 is 0 Å². The quantitative estimate of drug-likeness (QED) is 0.685. The first-order chi connectivity index (χ1) is 15.7. The molecule has 1 atom stereocenters. The Hall–Kier alpha value is -3.45. The molecule has 0 unspecified atom stereocenters. The van der Waals surface area contributed by atoms with E-state index in [1.807, 2.05) is 47.5 Å². The van der Waals surface area contributed by atoms with Crippen molar-refractivity contribution in [3.63, 3.8) is 0 Å². The summed E-state index contributed by atoms with van der Waals surface area (Å²) in [6.07, 6.45) is 6.11. The molecule has 0 saturated carbocycles. The Morgan fingerprint density at radius 1 is 1.06 bits per heavy atom. The number of carbonyl (C=O) groups is 1. The summed E-state index contributed by atoms with van der Waals surface area (Å²) in [6.45, 7) is 4.20. The lowest BCUT2D eigenvalue weighted by atomic mass is 9.98. The summed E-state index contributed by atoms with van der Waals surface area (Å²) in [5, 5.41) is 3.36. The molecule has 7 nitrogen and oxygen atoms in total. The first-order valence-corrected chi connectivity index (χ1v) is 11.1. The van der Waals surface area contributed by atoms with Crippen molar-refractivity contribution in [2.45, 2.75) is 12.5 Å². The van der Waals surface area contributed by atoms with Gasteiger partial charge in [0.2, 0.25) is 0 Å². The molecule has 2 aromatic heterocycles. The number of fused-ring (bicyclic) bond motifs is 1. The first kappa shape index (κ1) is 20.5. The Morgan fingerprint density at radius 3 is 2.62 bits per heavy atom. The van der Waals surface area contributed by atoms with E-state index in [0.717, 1.165) is 73.0 Å². The van der Waals surface area contributed by atoms with Gasteiger partial charge < -0.3 is 19.9 Å². The predicted molar refractivity (Wildman–Crippen MR) is 124 cm³/mol.